The topological polar surface area (TPSA) is 57.7 Å². The maximum Gasteiger partial charge on any atom is 0.338 e. The molecule has 0 bridgehead atoms. The van der Waals surface area contributed by atoms with Crippen LogP contribution in [0.5, 0.6) is 11.5 Å². The molecule has 0 radical (unpaired) electrons. The molecular weight excluding hydrogens is 330 g/mol. The zero-order valence-electron chi connectivity index (χ0n) is 15.6. The van der Waals surface area contributed by atoms with Gasteiger partial charge in [0.1, 0.15) is 5.69 Å². The van der Waals surface area contributed by atoms with Crippen LogP contribution in [0.1, 0.15) is 47.4 Å². The predicted octanol–water partition coefficient (Wildman–Crippen LogP) is 3.63. The summed E-state index contributed by atoms with van der Waals surface area (Å²) in [4.78, 5) is 16.0. The molecular formula is C21H23NO4. The Morgan fingerprint density at radius 3 is 2.58 bits per heavy atom. The van der Waals surface area contributed by atoms with E-state index >= 15 is 0 Å². The lowest BCUT2D eigenvalue weighted by Crippen LogP contribution is -2.05. The maximum absolute atomic E-state index is 11.8. The largest absolute Gasteiger partial charge is 0.493 e. The molecule has 0 saturated heterocycles. The lowest BCUT2D eigenvalue weighted by Gasteiger charge is -2.13. The van der Waals surface area contributed by atoms with Crippen molar-refractivity contribution in [3.8, 4) is 23.3 Å². The van der Waals surface area contributed by atoms with Crippen LogP contribution >= 0.6 is 0 Å². The van der Waals surface area contributed by atoms with Gasteiger partial charge in [0.05, 0.1) is 26.4 Å². The molecule has 1 aromatic carbocycles. The molecule has 5 nitrogen and oxygen atoms in total. The summed E-state index contributed by atoms with van der Waals surface area (Å²) >= 11 is 0. The highest BCUT2D eigenvalue weighted by molar-refractivity contribution is 5.89. The molecule has 0 saturated carbocycles. The zero-order chi connectivity index (χ0) is 18.9. The Labute approximate surface area is 154 Å². The van der Waals surface area contributed by atoms with Gasteiger partial charge in [0.15, 0.2) is 11.5 Å². The van der Waals surface area contributed by atoms with Crippen molar-refractivity contribution >= 4 is 5.97 Å². The molecule has 0 fully saturated rings. The second-order valence-corrected chi connectivity index (χ2v) is 5.52. The summed E-state index contributed by atoms with van der Waals surface area (Å²) in [6, 6.07) is 7.06. The highest BCUT2D eigenvalue weighted by Crippen LogP contribution is 2.33. The number of esters is 1. The van der Waals surface area contributed by atoms with Gasteiger partial charge in [0, 0.05) is 11.8 Å². The minimum Gasteiger partial charge on any atom is -0.493 e. The minimum atomic E-state index is -0.380. The summed E-state index contributed by atoms with van der Waals surface area (Å²) in [7, 11) is 3.24. The number of ether oxygens (including phenoxy) is 3. The standard InChI is InChI=1S/C21H23NO4/c1-5-7-16-12-15(13-19(24-3)20(16)25-4)8-9-18-14-17(10-11-22-18)21(23)26-6-2/h10-14H,5-7H2,1-4H3. The van der Waals surface area contributed by atoms with Crippen molar-refractivity contribution in [2.45, 2.75) is 26.7 Å². The Kier molecular flexibility index (Phi) is 7.04. The van der Waals surface area contributed by atoms with Gasteiger partial charge < -0.3 is 14.2 Å². The monoisotopic (exact) mass is 353 g/mol. The van der Waals surface area contributed by atoms with Gasteiger partial charge in [-0.05, 0) is 49.1 Å². The van der Waals surface area contributed by atoms with Crippen molar-refractivity contribution in [1.82, 2.24) is 4.98 Å². The van der Waals surface area contributed by atoms with Crippen LogP contribution in [0.4, 0.5) is 0 Å². The number of hydrogen-bond donors (Lipinski definition) is 0. The maximum atomic E-state index is 11.8. The van der Waals surface area contributed by atoms with Gasteiger partial charge in [0.25, 0.3) is 0 Å². The van der Waals surface area contributed by atoms with Crippen LogP contribution in [0.25, 0.3) is 0 Å². The van der Waals surface area contributed by atoms with Gasteiger partial charge >= 0.3 is 5.97 Å². The summed E-state index contributed by atoms with van der Waals surface area (Å²) in [5, 5.41) is 0. The number of carbonyl (C=O) groups is 1. The fourth-order valence-electron chi connectivity index (χ4n) is 2.55. The number of nitrogens with zero attached hydrogens (tertiary/aromatic N) is 1. The quantitative estimate of drug-likeness (QED) is 0.586. The number of rotatable bonds is 6. The van der Waals surface area contributed by atoms with Crippen LogP contribution in [0, 0.1) is 11.8 Å². The Morgan fingerprint density at radius 1 is 1.12 bits per heavy atom. The minimum absolute atomic E-state index is 0.327. The van der Waals surface area contributed by atoms with Crippen LogP contribution in [0.3, 0.4) is 0 Å². The molecule has 0 spiro atoms. The summed E-state index contributed by atoms with van der Waals surface area (Å²) in [5.74, 6) is 7.08. The van der Waals surface area contributed by atoms with Gasteiger partial charge in [0.2, 0.25) is 0 Å². The fourth-order valence-corrected chi connectivity index (χ4v) is 2.55. The van der Waals surface area contributed by atoms with E-state index in [0.29, 0.717) is 23.6 Å². The summed E-state index contributed by atoms with van der Waals surface area (Å²) < 4.78 is 15.9. The highest BCUT2D eigenvalue weighted by Gasteiger charge is 2.11. The van der Waals surface area contributed by atoms with Crippen molar-refractivity contribution < 1.29 is 19.0 Å². The lowest BCUT2D eigenvalue weighted by molar-refractivity contribution is 0.0526. The third-order valence-corrected chi connectivity index (χ3v) is 3.68. The van der Waals surface area contributed by atoms with Crippen LogP contribution < -0.4 is 9.47 Å². The van der Waals surface area contributed by atoms with E-state index in [4.69, 9.17) is 14.2 Å². The van der Waals surface area contributed by atoms with E-state index in [9.17, 15) is 4.79 Å². The molecule has 0 N–H and O–H groups in total. The average molecular weight is 353 g/mol. The average Bonchev–Trinajstić information content (AvgIpc) is 2.66. The van der Waals surface area contributed by atoms with Crippen molar-refractivity contribution in [3.63, 3.8) is 0 Å². The van der Waals surface area contributed by atoms with Crippen molar-refractivity contribution in [3.05, 3.63) is 52.8 Å². The van der Waals surface area contributed by atoms with E-state index in [0.717, 1.165) is 29.7 Å². The molecule has 0 aliphatic carbocycles. The molecule has 0 amide bonds. The molecule has 0 aliphatic rings. The number of hydrogen-bond acceptors (Lipinski definition) is 5. The molecule has 26 heavy (non-hydrogen) atoms. The Bertz CT molecular complexity index is 834. The zero-order valence-corrected chi connectivity index (χ0v) is 15.6. The van der Waals surface area contributed by atoms with Crippen molar-refractivity contribution in [2.75, 3.05) is 20.8 Å². The Morgan fingerprint density at radius 2 is 1.92 bits per heavy atom. The molecule has 2 aromatic rings. The van der Waals surface area contributed by atoms with Crippen LogP contribution in [-0.2, 0) is 11.2 Å². The van der Waals surface area contributed by atoms with E-state index in [1.165, 1.54) is 0 Å². The molecule has 1 aromatic heterocycles. The molecule has 5 heteroatoms. The number of benzene rings is 1. The Balaban J connectivity index is 2.36. The molecule has 0 unspecified atom stereocenters. The first-order valence-corrected chi connectivity index (χ1v) is 8.53. The molecule has 136 valence electrons. The summed E-state index contributed by atoms with van der Waals surface area (Å²) in [6.45, 7) is 4.20. The number of aryl methyl sites for hydroxylation is 1. The van der Waals surface area contributed by atoms with Crippen molar-refractivity contribution in [1.29, 1.82) is 0 Å². The van der Waals surface area contributed by atoms with Gasteiger partial charge in [-0.2, -0.15) is 0 Å². The van der Waals surface area contributed by atoms with E-state index in [1.54, 1.807) is 39.5 Å². The smallest absolute Gasteiger partial charge is 0.338 e. The van der Waals surface area contributed by atoms with Crippen LogP contribution in [0.15, 0.2) is 30.5 Å². The molecule has 1 heterocycles. The fraction of sp³-hybridized carbons (Fsp3) is 0.333. The van der Waals surface area contributed by atoms with Gasteiger partial charge in [-0.25, -0.2) is 9.78 Å². The molecule has 0 atom stereocenters. The second kappa shape index (κ2) is 9.47. The van der Waals surface area contributed by atoms with Crippen LogP contribution in [-0.4, -0.2) is 31.8 Å². The molecule has 2 rings (SSSR count). The second-order valence-electron chi connectivity index (χ2n) is 5.52. The van der Waals surface area contributed by atoms with E-state index in [1.807, 2.05) is 12.1 Å². The lowest BCUT2D eigenvalue weighted by atomic mass is 10.0. The van der Waals surface area contributed by atoms with Crippen LogP contribution in [0.2, 0.25) is 0 Å². The highest BCUT2D eigenvalue weighted by atomic mass is 16.5. The van der Waals surface area contributed by atoms with Gasteiger partial charge in [-0.1, -0.05) is 19.3 Å². The van der Waals surface area contributed by atoms with E-state index in [-0.39, 0.29) is 5.97 Å². The number of methoxy groups -OCH3 is 2. The number of carbonyl (C=O) groups excluding carboxylic acids is 1. The van der Waals surface area contributed by atoms with Gasteiger partial charge in [-0.3, -0.25) is 0 Å². The first-order chi connectivity index (χ1) is 12.6. The number of aromatic nitrogens is 1. The third kappa shape index (κ3) is 4.76. The first kappa shape index (κ1) is 19.3. The third-order valence-electron chi connectivity index (χ3n) is 3.68. The predicted molar refractivity (Wildman–Crippen MR) is 99.7 cm³/mol. The first-order valence-electron chi connectivity index (χ1n) is 8.53. The van der Waals surface area contributed by atoms with Crippen molar-refractivity contribution in [2.24, 2.45) is 0 Å². The normalized spacial score (nSPS) is 9.85. The molecule has 0 aliphatic heterocycles. The van der Waals surface area contributed by atoms with Gasteiger partial charge in [-0.15, -0.1) is 0 Å². The van der Waals surface area contributed by atoms with E-state index < -0.39 is 0 Å². The van der Waals surface area contributed by atoms with E-state index in [2.05, 4.69) is 23.7 Å². The SMILES string of the molecule is CCCc1cc(C#Cc2cc(C(=O)OCC)ccn2)cc(OC)c1OC. The number of pyridine rings is 1. The summed E-state index contributed by atoms with van der Waals surface area (Å²) in [6.07, 6.45) is 3.40. The summed E-state index contributed by atoms with van der Waals surface area (Å²) in [5.41, 5.74) is 2.79. The Hall–Kier alpha value is -3.00.